The molecule has 1 N–H and O–H groups in total. The first-order chi connectivity index (χ1) is 11.1. The minimum absolute atomic E-state index is 0.0603. The summed E-state index contributed by atoms with van der Waals surface area (Å²) in [6.07, 6.45) is 0.862. The van der Waals surface area contributed by atoms with Crippen LogP contribution in [0.4, 0.5) is 10.5 Å². The molecule has 0 aliphatic rings. The molecule has 0 saturated carbocycles. The fraction of sp³-hybridized carbons (Fsp3) is 0.588. The number of benzene rings is 1. The molecule has 0 atom stereocenters. The highest BCUT2D eigenvalue weighted by molar-refractivity contribution is 6.66. The molecule has 130 valence electrons. The predicted octanol–water partition coefficient (Wildman–Crippen LogP) is 3.76. The van der Waals surface area contributed by atoms with Crippen LogP contribution >= 0.6 is 0 Å². The van der Waals surface area contributed by atoms with E-state index < -0.39 is 8.56 Å². The molecule has 1 aromatic rings. The molecule has 0 heterocycles. The van der Waals surface area contributed by atoms with Gasteiger partial charge in [-0.1, -0.05) is 18.2 Å². The Kier molecular flexibility index (Phi) is 8.90. The Labute approximate surface area is 141 Å². The van der Waals surface area contributed by atoms with E-state index in [2.05, 4.69) is 11.9 Å². The largest absolute Gasteiger partial charge is 0.395 e. The quantitative estimate of drug-likeness (QED) is 0.522. The lowest BCUT2D eigenvalue weighted by atomic mass is 10.3. The van der Waals surface area contributed by atoms with Crippen molar-refractivity contribution in [2.45, 2.75) is 39.8 Å². The molecule has 2 amide bonds. The number of urea groups is 1. The number of nitrogens with one attached hydrogen (secondary N) is 1. The maximum Gasteiger partial charge on any atom is 0.334 e. The first-order valence-electron chi connectivity index (χ1n) is 8.44. The molecule has 0 saturated heterocycles. The molecule has 0 bridgehead atoms. The highest BCUT2D eigenvalue weighted by Crippen LogP contribution is 2.16. The van der Waals surface area contributed by atoms with E-state index in [0.717, 1.165) is 18.2 Å². The number of anilines is 1. The topological polar surface area (TPSA) is 50.8 Å². The van der Waals surface area contributed by atoms with E-state index in [1.807, 2.05) is 51.1 Å². The second-order valence-electron chi connectivity index (χ2n) is 5.42. The summed E-state index contributed by atoms with van der Waals surface area (Å²) in [7, 11) is -2.09. The van der Waals surface area contributed by atoms with Crippen LogP contribution in [-0.4, -0.2) is 40.9 Å². The number of nitrogens with zero attached hydrogens (tertiary/aromatic N) is 1. The minimum Gasteiger partial charge on any atom is -0.395 e. The number of carbonyl (C=O) groups excluding carboxylic acids is 1. The summed E-state index contributed by atoms with van der Waals surface area (Å²) in [4.78, 5) is 14.1. The molecule has 0 fully saturated rings. The fourth-order valence-electron chi connectivity index (χ4n) is 2.55. The van der Waals surface area contributed by atoms with Crippen molar-refractivity contribution in [2.75, 3.05) is 31.2 Å². The van der Waals surface area contributed by atoms with Crippen molar-refractivity contribution >= 4 is 20.3 Å². The van der Waals surface area contributed by atoms with Crippen LogP contribution in [0.1, 0.15) is 27.2 Å². The van der Waals surface area contributed by atoms with Gasteiger partial charge in [0.15, 0.2) is 0 Å². The summed E-state index contributed by atoms with van der Waals surface area (Å²) < 4.78 is 11.6. The first kappa shape index (κ1) is 19.7. The normalized spacial score (nSPS) is 11.3. The Morgan fingerprint density at radius 2 is 1.74 bits per heavy atom. The molecule has 0 aliphatic carbocycles. The van der Waals surface area contributed by atoms with Crippen LogP contribution < -0.4 is 10.2 Å². The highest BCUT2D eigenvalue weighted by Gasteiger charge is 2.29. The van der Waals surface area contributed by atoms with Gasteiger partial charge in [0.2, 0.25) is 0 Å². The van der Waals surface area contributed by atoms with Crippen LogP contribution in [0.2, 0.25) is 12.6 Å². The standard InChI is InChI=1S/C17H30N2O3Si/c1-5-19(16-12-9-8-10-13-16)17(20)18-14-11-15-23(4,21-6-2)22-7-3/h8-10,12-13H,5-7,11,14-15H2,1-4H3,(H,18,20). The third-order valence-electron chi connectivity index (χ3n) is 3.61. The van der Waals surface area contributed by atoms with Gasteiger partial charge < -0.3 is 14.2 Å². The SMILES string of the molecule is CCO[Si](C)(CCCNC(=O)N(CC)c1ccccc1)OCC. The van der Waals surface area contributed by atoms with Crippen LogP contribution in [0, 0.1) is 0 Å². The summed E-state index contributed by atoms with van der Waals surface area (Å²) in [5.74, 6) is 0. The number of carbonyl (C=O) groups is 1. The maximum absolute atomic E-state index is 12.3. The average Bonchev–Trinajstić information content (AvgIpc) is 2.54. The average molecular weight is 339 g/mol. The van der Waals surface area contributed by atoms with E-state index in [1.54, 1.807) is 4.90 Å². The van der Waals surface area contributed by atoms with Crippen molar-refractivity contribution in [3.8, 4) is 0 Å². The van der Waals surface area contributed by atoms with Crippen LogP contribution in [0.3, 0.4) is 0 Å². The predicted molar refractivity (Wildman–Crippen MR) is 97.2 cm³/mol. The molecule has 1 rings (SSSR count). The van der Waals surface area contributed by atoms with Gasteiger partial charge >= 0.3 is 14.6 Å². The molecule has 0 aromatic heterocycles. The summed E-state index contributed by atoms with van der Waals surface area (Å²) in [5, 5.41) is 2.99. The first-order valence-corrected chi connectivity index (χ1v) is 11.0. The maximum atomic E-state index is 12.3. The van der Waals surface area contributed by atoms with Crippen molar-refractivity contribution in [1.82, 2.24) is 5.32 Å². The van der Waals surface area contributed by atoms with Crippen molar-refractivity contribution in [3.05, 3.63) is 30.3 Å². The number of hydrogen-bond acceptors (Lipinski definition) is 3. The smallest absolute Gasteiger partial charge is 0.334 e. The van der Waals surface area contributed by atoms with Gasteiger partial charge in [0.05, 0.1) is 0 Å². The number of amides is 2. The number of para-hydroxylation sites is 1. The van der Waals surface area contributed by atoms with Crippen molar-refractivity contribution in [1.29, 1.82) is 0 Å². The van der Waals surface area contributed by atoms with Gasteiger partial charge in [-0.05, 0) is 51.9 Å². The Hall–Kier alpha value is -1.37. The fourth-order valence-corrected chi connectivity index (χ4v) is 4.96. The minimum atomic E-state index is -2.09. The number of hydrogen-bond donors (Lipinski definition) is 1. The van der Waals surface area contributed by atoms with Gasteiger partial charge in [-0.3, -0.25) is 4.90 Å². The third-order valence-corrected chi connectivity index (χ3v) is 6.67. The molecule has 6 heteroatoms. The van der Waals surface area contributed by atoms with Crippen molar-refractivity contribution in [2.24, 2.45) is 0 Å². The molecule has 0 unspecified atom stereocenters. The molecular weight excluding hydrogens is 308 g/mol. The number of rotatable bonds is 10. The zero-order valence-electron chi connectivity index (χ0n) is 14.8. The Morgan fingerprint density at radius 1 is 1.13 bits per heavy atom. The van der Waals surface area contributed by atoms with Crippen LogP contribution in [0.25, 0.3) is 0 Å². The second kappa shape index (κ2) is 10.4. The van der Waals surface area contributed by atoms with E-state index in [-0.39, 0.29) is 6.03 Å². The van der Waals surface area contributed by atoms with Gasteiger partial charge in [0, 0.05) is 32.0 Å². The zero-order chi connectivity index (χ0) is 17.1. The lowest BCUT2D eigenvalue weighted by Gasteiger charge is -2.26. The van der Waals surface area contributed by atoms with Gasteiger partial charge in [0.1, 0.15) is 0 Å². The Morgan fingerprint density at radius 3 is 2.26 bits per heavy atom. The third kappa shape index (κ3) is 6.72. The summed E-state index contributed by atoms with van der Waals surface area (Å²) in [5.41, 5.74) is 0.912. The van der Waals surface area contributed by atoms with E-state index >= 15 is 0 Å². The van der Waals surface area contributed by atoms with E-state index in [9.17, 15) is 4.79 Å². The molecule has 0 aliphatic heterocycles. The lowest BCUT2D eigenvalue weighted by molar-refractivity contribution is 0.188. The van der Waals surface area contributed by atoms with Gasteiger partial charge in [-0.25, -0.2) is 4.79 Å². The Bertz CT molecular complexity index is 450. The molecule has 23 heavy (non-hydrogen) atoms. The van der Waals surface area contributed by atoms with E-state index in [1.165, 1.54) is 0 Å². The molecule has 0 spiro atoms. The molecule has 0 radical (unpaired) electrons. The van der Waals surface area contributed by atoms with Crippen LogP contribution in [0.5, 0.6) is 0 Å². The van der Waals surface area contributed by atoms with Crippen LogP contribution in [-0.2, 0) is 8.85 Å². The molecule has 1 aromatic carbocycles. The summed E-state index contributed by atoms with van der Waals surface area (Å²) >= 11 is 0. The summed E-state index contributed by atoms with van der Waals surface area (Å²) in [6.45, 7) is 10.7. The monoisotopic (exact) mass is 338 g/mol. The lowest BCUT2D eigenvalue weighted by Crippen LogP contribution is -2.42. The second-order valence-corrected chi connectivity index (χ2v) is 8.76. The van der Waals surface area contributed by atoms with Crippen molar-refractivity contribution in [3.63, 3.8) is 0 Å². The molecule has 5 nitrogen and oxygen atoms in total. The van der Waals surface area contributed by atoms with Crippen molar-refractivity contribution < 1.29 is 13.6 Å². The van der Waals surface area contributed by atoms with Gasteiger partial charge in [-0.15, -0.1) is 0 Å². The van der Waals surface area contributed by atoms with Crippen LogP contribution in [0.15, 0.2) is 30.3 Å². The Balaban J connectivity index is 2.43. The van der Waals surface area contributed by atoms with Gasteiger partial charge in [-0.2, -0.15) is 0 Å². The van der Waals surface area contributed by atoms with E-state index in [4.69, 9.17) is 8.85 Å². The van der Waals surface area contributed by atoms with Gasteiger partial charge in [0.25, 0.3) is 0 Å². The zero-order valence-corrected chi connectivity index (χ0v) is 15.8. The highest BCUT2D eigenvalue weighted by atomic mass is 28.4. The van der Waals surface area contributed by atoms with E-state index in [0.29, 0.717) is 26.3 Å². The summed E-state index contributed by atoms with van der Waals surface area (Å²) in [6, 6.07) is 10.5. The molecular formula is C17H30N2O3Si.